The number of benzene rings is 1. The minimum absolute atomic E-state index is 0.144. The third-order valence-electron chi connectivity index (χ3n) is 2.52. The normalized spacial score (nSPS) is 12.3. The molecule has 0 bridgehead atoms. The van der Waals surface area contributed by atoms with Crippen molar-refractivity contribution >= 4 is 6.08 Å². The molecule has 1 rings (SSSR count). The van der Waals surface area contributed by atoms with Gasteiger partial charge in [0.2, 0.25) is 0 Å². The van der Waals surface area contributed by atoms with E-state index < -0.39 is 0 Å². The minimum atomic E-state index is 0.144. The first-order valence-corrected chi connectivity index (χ1v) is 5.42. The van der Waals surface area contributed by atoms with Gasteiger partial charge in [-0.15, -0.1) is 0 Å². The van der Waals surface area contributed by atoms with E-state index in [4.69, 9.17) is 0 Å². The zero-order valence-corrected chi connectivity index (χ0v) is 10.0. The number of aliphatic hydroxyl groups excluding tert-OH is 1. The molecule has 1 aromatic carbocycles. The van der Waals surface area contributed by atoms with Crippen LogP contribution < -0.4 is 0 Å². The fourth-order valence-corrected chi connectivity index (χ4v) is 1.70. The SMILES string of the molecule is Cc1cc(C)cc(C=C(CO)C(C)C)c1. The van der Waals surface area contributed by atoms with E-state index in [0.29, 0.717) is 5.92 Å². The van der Waals surface area contributed by atoms with Crippen LogP contribution >= 0.6 is 0 Å². The maximum Gasteiger partial charge on any atom is 0.0647 e. The van der Waals surface area contributed by atoms with Crippen LogP contribution in [0.4, 0.5) is 0 Å². The molecule has 0 aliphatic carbocycles. The zero-order chi connectivity index (χ0) is 11.4. The van der Waals surface area contributed by atoms with Gasteiger partial charge in [0.25, 0.3) is 0 Å². The van der Waals surface area contributed by atoms with Gasteiger partial charge in [0.15, 0.2) is 0 Å². The monoisotopic (exact) mass is 204 g/mol. The number of aliphatic hydroxyl groups is 1. The van der Waals surface area contributed by atoms with Crippen molar-refractivity contribution in [3.63, 3.8) is 0 Å². The van der Waals surface area contributed by atoms with E-state index in [0.717, 1.165) is 5.57 Å². The summed E-state index contributed by atoms with van der Waals surface area (Å²) in [5.74, 6) is 0.399. The Labute approximate surface area is 92.5 Å². The van der Waals surface area contributed by atoms with Gasteiger partial charge in [0.1, 0.15) is 0 Å². The highest BCUT2D eigenvalue weighted by Gasteiger charge is 2.02. The molecule has 0 aromatic heterocycles. The van der Waals surface area contributed by atoms with Gasteiger partial charge in [-0.2, -0.15) is 0 Å². The van der Waals surface area contributed by atoms with Crippen molar-refractivity contribution in [2.24, 2.45) is 5.92 Å². The largest absolute Gasteiger partial charge is 0.392 e. The highest BCUT2D eigenvalue weighted by molar-refractivity contribution is 5.55. The highest BCUT2D eigenvalue weighted by atomic mass is 16.3. The summed E-state index contributed by atoms with van der Waals surface area (Å²) in [6.07, 6.45) is 2.09. The number of aryl methyl sites for hydroxylation is 2. The van der Waals surface area contributed by atoms with Gasteiger partial charge in [-0.05, 0) is 30.9 Å². The average molecular weight is 204 g/mol. The lowest BCUT2D eigenvalue weighted by Crippen LogP contribution is -1.99. The van der Waals surface area contributed by atoms with E-state index in [-0.39, 0.29) is 6.61 Å². The number of hydrogen-bond acceptors (Lipinski definition) is 1. The van der Waals surface area contributed by atoms with Gasteiger partial charge in [-0.1, -0.05) is 49.2 Å². The van der Waals surface area contributed by atoms with Crippen LogP contribution in [0, 0.1) is 19.8 Å². The summed E-state index contributed by atoms with van der Waals surface area (Å²) in [5, 5.41) is 9.23. The van der Waals surface area contributed by atoms with E-state index in [2.05, 4.69) is 52.0 Å². The molecule has 0 fully saturated rings. The third kappa shape index (κ3) is 3.52. The van der Waals surface area contributed by atoms with Crippen LogP contribution in [0.5, 0.6) is 0 Å². The summed E-state index contributed by atoms with van der Waals surface area (Å²) in [6.45, 7) is 8.54. The van der Waals surface area contributed by atoms with Crippen LogP contribution in [-0.2, 0) is 0 Å². The van der Waals surface area contributed by atoms with Gasteiger partial charge in [-0.25, -0.2) is 0 Å². The molecule has 0 saturated carbocycles. The molecular formula is C14H20O. The topological polar surface area (TPSA) is 20.2 Å². The summed E-state index contributed by atoms with van der Waals surface area (Å²) in [5.41, 5.74) is 4.80. The maximum absolute atomic E-state index is 9.23. The van der Waals surface area contributed by atoms with Crippen molar-refractivity contribution in [1.82, 2.24) is 0 Å². The molecule has 0 aliphatic rings. The van der Waals surface area contributed by atoms with Gasteiger partial charge in [-0.3, -0.25) is 0 Å². The summed E-state index contributed by atoms with van der Waals surface area (Å²) in [6, 6.07) is 6.45. The Hall–Kier alpha value is -1.08. The molecule has 0 saturated heterocycles. The fraction of sp³-hybridized carbons (Fsp3) is 0.429. The molecular weight excluding hydrogens is 184 g/mol. The van der Waals surface area contributed by atoms with Gasteiger partial charge in [0, 0.05) is 0 Å². The predicted molar refractivity (Wildman–Crippen MR) is 65.8 cm³/mol. The molecule has 0 unspecified atom stereocenters. The lowest BCUT2D eigenvalue weighted by molar-refractivity contribution is 0.320. The molecule has 1 nitrogen and oxygen atoms in total. The Balaban J connectivity index is 3.05. The van der Waals surface area contributed by atoms with E-state index in [9.17, 15) is 5.11 Å². The first-order chi connectivity index (χ1) is 7.02. The first kappa shape index (κ1) is 12.0. The van der Waals surface area contributed by atoms with Crippen LogP contribution in [-0.4, -0.2) is 11.7 Å². The molecule has 0 aliphatic heterocycles. The van der Waals surface area contributed by atoms with Crippen LogP contribution in [0.15, 0.2) is 23.8 Å². The minimum Gasteiger partial charge on any atom is -0.392 e. The van der Waals surface area contributed by atoms with Crippen LogP contribution in [0.3, 0.4) is 0 Å². The quantitative estimate of drug-likeness (QED) is 0.800. The fourth-order valence-electron chi connectivity index (χ4n) is 1.70. The van der Waals surface area contributed by atoms with Crippen LogP contribution in [0.1, 0.15) is 30.5 Å². The Morgan fingerprint density at radius 2 is 1.73 bits per heavy atom. The Bertz CT molecular complexity index is 341. The van der Waals surface area contributed by atoms with Crippen molar-refractivity contribution < 1.29 is 5.11 Å². The molecule has 0 amide bonds. The first-order valence-electron chi connectivity index (χ1n) is 5.42. The second kappa shape index (κ2) is 5.13. The summed E-state index contributed by atoms with van der Waals surface area (Å²) in [4.78, 5) is 0. The van der Waals surface area contributed by atoms with Crippen molar-refractivity contribution in [3.8, 4) is 0 Å². The van der Waals surface area contributed by atoms with Gasteiger partial charge in [0.05, 0.1) is 6.61 Å². The van der Waals surface area contributed by atoms with E-state index in [1.54, 1.807) is 0 Å². The second-order valence-electron chi connectivity index (χ2n) is 4.45. The highest BCUT2D eigenvalue weighted by Crippen LogP contribution is 2.16. The summed E-state index contributed by atoms with van der Waals surface area (Å²) >= 11 is 0. The molecule has 0 atom stereocenters. The van der Waals surface area contributed by atoms with Crippen molar-refractivity contribution in [1.29, 1.82) is 0 Å². The predicted octanol–water partition coefficient (Wildman–Crippen LogP) is 3.34. The van der Waals surface area contributed by atoms with E-state index in [1.807, 2.05) is 0 Å². The van der Waals surface area contributed by atoms with Crippen LogP contribution in [0.2, 0.25) is 0 Å². The average Bonchev–Trinajstić information content (AvgIpc) is 2.12. The maximum atomic E-state index is 9.23. The van der Waals surface area contributed by atoms with Crippen molar-refractivity contribution in [2.75, 3.05) is 6.61 Å². The smallest absolute Gasteiger partial charge is 0.0647 e. The molecule has 0 radical (unpaired) electrons. The Morgan fingerprint density at radius 1 is 1.20 bits per heavy atom. The number of rotatable bonds is 3. The molecule has 15 heavy (non-hydrogen) atoms. The summed E-state index contributed by atoms with van der Waals surface area (Å²) < 4.78 is 0. The number of hydrogen-bond donors (Lipinski definition) is 1. The lowest BCUT2D eigenvalue weighted by Gasteiger charge is -2.08. The van der Waals surface area contributed by atoms with Gasteiger partial charge < -0.3 is 5.11 Å². The Kier molecular flexibility index (Phi) is 4.10. The zero-order valence-electron chi connectivity index (χ0n) is 10.0. The lowest BCUT2D eigenvalue weighted by atomic mass is 9.99. The van der Waals surface area contributed by atoms with Crippen LogP contribution in [0.25, 0.3) is 6.08 Å². The molecule has 1 aromatic rings. The molecule has 0 heterocycles. The molecule has 1 N–H and O–H groups in total. The van der Waals surface area contributed by atoms with E-state index in [1.165, 1.54) is 16.7 Å². The molecule has 1 heteroatoms. The second-order valence-corrected chi connectivity index (χ2v) is 4.45. The van der Waals surface area contributed by atoms with Gasteiger partial charge >= 0.3 is 0 Å². The summed E-state index contributed by atoms with van der Waals surface area (Å²) in [7, 11) is 0. The third-order valence-corrected chi connectivity index (χ3v) is 2.52. The standard InChI is InChI=1S/C14H20O/c1-10(2)14(9-15)8-13-6-11(3)5-12(4)7-13/h5-8,10,15H,9H2,1-4H3. The van der Waals surface area contributed by atoms with Crippen molar-refractivity contribution in [2.45, 2.75) is 27.7 Å². The van der Waals surface area contributed by atoms with Crippen molar-refractivity contribution in [3.05, 3.63) is 40.5 Å². The molecule has 0 spiro atoms. The Morgan fingerprint density at radius 3 is 2.13 bits per heavy atom. The molecule has 82 valence electrons. The van der Waals surface area contributed by atoms with E-state index >= 15 is 0 Å².